The number of aromatic nitrogens is 1. The third kappa shape index (κ3) is 1.82. The van der Waals surface area contributed by atoms with E-state index in [4.69, 9.17) is 4.42 Å². The van der Waals surface area contributed by atoms with Crippen LogP contribution in [0.5, 0.6) is 0 Å². The maximum absolute atomic E-state index is 6.60. The van der Waals surface area contributed by atoms with Gasteiger partial charge in [0.1, 0.15) is 5.76 Å². The summed E-state index contributed by atoms with van der Waals surface area (Å²) in [6.07, 6.45) is 9.27. The van der Waals surface area contributed by atoms with Crippen LogP contribution in [0.4, 0.5) is 5.69 Å². The Kier molecular flexibility index (Phi) is 3.04. The first kappa shape index (κ1) is 16.6. The summed E-state index contributed by atoms with van der Waals surface area (Å²) in [4.78, 5) is 2.83. The van der Waals surface area contributed by atoms with Gasteiger partial charge in [0.05, 0.1) is 17.1 Å². The van der Waals surface area contributed by atoms with Gasteiger partial charge in [-0.15, -0.1) is 0 Å². The lowest BCUT2D eigenvalue weighted by atomic mass is 9.47. The zero-order chi connectivity index (χ0) is 19.5. The summed E-state index contributed by atoms with van der Waals surface area (Å²) in [6, 6.07) is 11.5. The smallest absolute Gasteiger partial charge is 0.152 e. The Hall–Kier alpha value is -2.16. The van der Waals surface area contributed by atoms with E-state index in [0.717, 1.165) is 29.3 Å². The number of fused-ring (bicyclic) bond motifs is 3. The van der Waals surface area contributed by atoms with Crippen molar-refractivity contribution in [2.45, 2.75) is 57.5 Å². The van der Waals surface area contributed by atoms with Crippen molar-refractivity contribution < 1.29 is 4.42 Å². The number of benzene rings is 1. The second-order valence-electron chi connectivity index (χ2n) is 10.4. The zero-order valence-electron chi connectivity index (χ0n) is 17.7. The zero-order valence-corrected chi connectivity index (χ0v) is 17.7. The summed E-state index contributed by atoms with van der Waals surface area (Å²) < 4.78 is 8.92. The highest BCUT2D eigenvalue weighted by atomic mass is 16.3. The Labute approximate surface area is 172 Å². The monoisotopic (exact) mass is 386 g/mol. The van der Waals surface area contributed by atoms with Gasteiger partial charge in [-0.2, -0.15) is 0 Å². The topological polar surface area (TPSA) is 21.3 Å². The summed E-state index contributed by atoms with van der Waals surface area (Å²) in [7, 11) is 2.20. The predicted molar refractivity (Wildman–Crippen MR) is 116 cm³/mol. The van der Waals surface area contributed by atoms with Crippen molar-refractivity contribution in [2.75, 3.05) is 4.90 Å². The highest BCUT2D eigenvalue weighted by Gasteiger charge is 2.66. The minimum absolute atomic E-state index is 0.103. The minimum Gasteiger partial charge on any atom is -0.457 e. The van der Waals surface area contributed by atoms with Crippen molar-refractivity contribution in [2.24, 2.45) is 30.7 Å². The van der Waals surface area contributed by atoms with Crippen LogP contribution in [0.3, 0.4) is 0 Å². The molecule has 0 unspecified atom stereocenters. The van der Waals surface area contributed by atoms with Gasteiger partial charge >= 0.3 is 0 Å². The van der Waals surface area contributed by atoms with Crippen LogP contribution in [0.25, 0.3) is 11.1 Å². The molecule has 8 rings (SSSR count). The van der Waals surface area contributed by atoms with Gasteiger partial charge in [0.2, 0.25) is 0 Å². The Morgan fingerprint density at radius 3 is 2.34 bits per heavy atom. The van der Waals surface area contributed by atoms with Crippen molar-refractivity contribution in [3.05, 3.63) is 53.4 Å². The summed E-state index contributed by atoms with van der Waals surface area (Å²) in [5, 5.41) is 0. The lowest BCUT2D eigenvalue weighted by molar-refractivity contribution is -0.0597. The van der Waals surface area contributed by atoms with E-state index in [1.165, 1.54) is 54.6 Å². The van der Waals surface area contributed by atoms with Gasteiger partial charge in [0.25, 0.3) is 0 Å². The van der Waals surface area contributed by atoms with Crippen molar-refractivity contribution in [3.8, 4) is 0 Å². The molecule has 3 heterocycles. The van der Waals surface area contributed by atoms with Crippen LogP contribution in [0.2, 0.25) is 0 Å². The fourth-order valence-electron chi connectivity index (χ4n) is 8.36. The normalized spacial score (nSPS) is 37.2. The number of rotatable bonds is 1. The predicted octanol–water partition coefficient (Wildman–Crippen LogP) is 6.31. The molecular formula is C26H30N2O. The number of anilines is 1. The number of nitrogens with zero attached hydrogens (tertiary/aromatic N) is 2. The second-order valence-corrected chi connectivity index (χ2v) is 10.4. The largest absolute Gasteiger partial charge is 0.457 e. The van der Waals surface area contributed by atoms with Crippen LogP contribution >= 0.6 is 0 Å². The lowest BCUT2D eigenvalue weighted by Gasteiger charge is -2.63. The molecule has 0 radical (unpaired) electrons. The molecule has 0 saturated heterocycles. The van der Waals surface area contributed by atoms with Crippen LogP contribution in [0.1, 0.15) is 62.0 Å². The van der Waals surface area contributed by atoms with E-state index >= 15 is 0 Å². The fourth-order valence-corrected chi connectivity index (χ4v) is 8.36. The molecule has 4 saturated carbocycles. The van der Waals surface area contributed by atoms with E-state index < -0.39 is 0 Å². The van der Waals surface area contributed by atoms with Gasteiger partial charge < -0.3 is 13.9 Å². The molecule has 150 valence electrons. The van der Waals surface area contributed by atoms with Gasteiger partial charge in [-0.3, -0.25) is 0 Å². The standard InChI is InChI=1S/C26H30N2O/c1-15-6-4-5-7-21(15)28-16(2)25-23(24-22(29-25)8-9-27(24)3)26(28)19-11-17-10-18(13-19)14-20(26)12-17/h4-9,16-20H,10-14H2,1-3H3/t16-,17?,18?,19?,20?,26?/m0/s1. The van der Waals surface area contributed by atoms with Crippen molar-refractivity contribution in [1.29, 1.82) is 0 Å². The van der Waals surface area contributed by atoms with Gasteiger partial charge in [0.15, 0.2) is 5.58 Å². The second kappa shape index (κ2) is 5.30. The number of para-hydroxylation sites is 1. The van der Waals surface area contributed by atoms with E-state index in [2.05, 4.69) is 66.9 Å². The van der Waals surface area contributed by atoms with E-state index in [-0.39, 0.29) is 11.6 Å². The molecular weight excluding hydrogens is 356 g/mol. The van der Waals surface area contributed by atoms with Crippen LogP contribution < -0.4 is 4.90 Å². The first-order chi connectivity index (χ1) is 14.1. The molecule has 4 aliphatic carbocycles. The summed E-state index contributed by atoms with van der Waals surface area (Å²) in [5.41, 5.74) is 6.90. The Balaban J connectivity index is 1.56. The third-order valence-electron chi connectivity index (χ3n) is 9.06. The quantitative estimate of drug-likeness (QED) is 0.488. The third-order valence-corrected chi connectivity index (χ3v) is 9.06. The van der Waals surface area contributed by atoms with E-state index in [9.17, 15) is 0 Å². The number of furan rings is 1. The van der Waals surface area contributed by atoms with Crippen molar-refractivity contribution in [1.82, 2.24) is 4.57 Å². The molecule has 0 amide bonds. The first-order valence-electron chi connectivity index (χ1n) is 11.5. The van der Waals surface area contributed by atoms with Gasteiger partial charge in [0, 0.05) is 24.5 Å². The molecule has 4 fully saturated rings. The molecule has 1 aliphatic heterocycles. The van der Waals surface area contributed by atoms with Gasteiger partial charge in [-0.1, -0.05) is 18.2 Å². The molecule has 29 heavy (non-hydrogen) atoms. The molecule has 4 bridgehead atoms. The summed E-state index contributed by atoms with van der Waals surface area (Å²) in [6.45, 7) is 4.66. The average Bonchev–Trinajstić information content (AvgIpc) is 3.31. The van der Waals surface area contributed by atoms with Crippen LogP contribution in [0.15, 0.2) is 40.9 Å². The summed E-state index contributed by atoms with van der Waals surface area (Å²) in [5.74, 6) is 4.64. The molecule has 1 aromatic carbocycles. The molecule has 5 aliphatic rings. The highest BCUT2D eigenvalue weighted by Crippen LogP contribution is 2.70. The maximum Gasteiger partial charge on any atom is 0.152 e. The molecule has 1 atom stereocenters. The average molecular weight is 387 g/mol. The number of aryl methyl sites for hydroxylation is 2. The fraction of sp³-hybridized carbons (Fsp3) is 0.538. The Morgan fingerprint density at radius 2 is 1.66 bits per heavy atom. The minimum atomic E-state index is 0.103. The summed E-state index contributed by atoms with van der Waals surface area (Å²) >= 11 is 0. The van der Waals surface area contributed by atoms with Gasteiger partial charge in [-0.05, 0) is 87.3 Å². The molecule has 3 aromatic rings. The van der Waals surface area contributed by atoms with E-state index in [0.29, 0.717) is 0 Å². The number of hydrogen-bond acceptors (Lipinski definition) is 2. The van der Waals surface area contributed by atoms with Crippen LogP contribution in [0, 0.1) is 30.6 Å². The van der Waals surface area contributed by atoms with Crippen molar-refractivity contribution >= 4 is 16.8 Å². The highest BCUT2D eigenvalue weighted by molar-refractivity contribution is 5.84. The Morgan fingerprint density at radius 1 is 0.966 bits per heavy atom. The SMILES string of the molecule is Cc1ccccc1N1[C@@H](C)c2oc3ccn(C)c3c2C12C1CC3CC(C1)CC2C3. The molecule has 0 N–H and O–H groups in total. The Bertz CT molecular complexity index is 1110. The van der Waals surface area contributed by atoms with E-state index in [1.807, 2.05) is 0 Å². The van der Waals surface area contributed by atoms with Crippen molar-refractivity contribution in [3.63, 3.8) is 0 Å². The molecule has 3 nitrogen and oxygen atoms in total. The van der Waals surface area contributed by atoms with Crippen LogP contribution in [-0.4, -0.2) is 4.57 Å². The maximum atomic E-state index is 6.60. The molecule has 2 aromatic heterocycles. The van der Waals surface area contributed by atoms with Crippen LogP contribution in [-0.2, 0) is 12.6 Å². The lowest BCUT2D eigenvalue weighted by Crippen LogP contribution is -2.62. The molecule has 3 heteroatoms. The first-order valence-corrected chi connectivity index (χ1v) is 11.5. The van der Waals surface area contributed by atoms with E-state index in [1.54, 1.807) is 5.56 Å². The molecule has 1 spiro atoms. The van der Waals surface area contributed by atoms with Gasteiger partial charge in [-0.25, -0.2) is 0 Å². The number of hydrogen-bond donors (Lipinski definition) is 0.